The zero-order valence-electron chi connectivity index (χ0n) is 11.6. The lowest BCUT2D eigenvalue weighted by atomic mass is 10.0. The molecular weight excluding hydrogens is 290 g/mol. The zero-order chi connectivity index (χ0) is 15.6. The van der Waals surface area contributed by atoms with Gasteiger partial charge in [0.05, 0.1) is 10.6 Å². The van der Waals surface area contributed by atoms with Gasteiger partial charge in [0.25, 0.3) is 5.91 Å². The fraction of sp³-hybridized carbons (Fsp3) is 0.125. The Labute approximate surface area is 127 Å². The number of carboxylic acids is 1. The van der Waals surface area contributed by atoms with Crippen molar-refractivity contribution in [1.82, 2.24) is 4.90 Å². The van der Waals surface area contributed by atoms with Crippen LogP contribution in [-0.4, -0.2) is 36.0 Å². The molecule has 5 heteroatoms. The van der Waals surface area contributed by atoms with Gasteiger partial charge in [-0.3, -0.25) is 4.79 Å². The summed E-state index contributed by atoms with van der Waals surface area (Å²) < 4.78 is 0. The van der Waals surface area contributed by atoms with Crippen molar-refractivity contribution >= 4 is 23.5 Å². The summed E-state index contributed by atoms with van der Waals surface area (Å²) in [5.41, 5.74) is 2.20. The van der Waals surface area contributed by atoms with Gasteiger partial charge in [0.15, 0.2) is 0 Å². The third-order valence-electron chi connectivity index (χ3n) is 3.07. The van der Waals surface area contributed by atoms with E-state index in [-0.39, 0.29) is 16.5 Å². The highest BCUT2D eigenvalue weighted by Gasteiger charge is 2.11. The number of carbonyl (C=O) groups excluding carboxylic acids is 1. The van der Waals surface area contributed by atoms with Gasteiger partial charge in [-0.1, -0.05) is 29.8 Å². The van der Waals surface area contributed by atoms with Gasteiger partial charge in [-0.05, 0) is 35.4 Å². The fourth-order valence-corrected chi connectivity index (χ4v) is 2.13. The van der Waals surface area contributed by atoms with Crippen molar-refractivity contribution in [1.29, 1.82) is 0 Å². The highest BCUT2D eigenvalue weighted by Crippen LogP contribution is 2.25. The molecule has 0 aromatic heterocycles. The Morgan fingerprint density at radius 1 is 1.00 bits per heavy atom. The van der Waals surface area contributed by atoms with E-state index in [4.69, 9.17) is 16.7 Å². The first-order chi connectivity index (χ1) is 9.90. The molecule has 1 N–H and O–H groups in total. The molecule has 0 aliphatic rings. The summed E-state index contributed by atoms with van der Waals surface area (Å²) in [4.78, 5) is 24.4. The van der Waals surface area contributed by atoms with Gasteiger partial charge in [-0.15, -0.1) is 0 Å². The Morgan fingerprint density at radius 3 is 2.10 bits per heavy atom. The maximum atomic E-state index is 11.8. The molecule has 0 atom stereocenters. The summed E-state index contributed by atoms with van der Waals surface area (Å²) in [5.74, 6) is -1.15. The van der Waals surface area contributed by atoms with Gasteiger partial charge in [-0.2, -0.15) is 0 Å². The summed E-state index contributed by atoms with van der Waals surface area (Å²) in [6, 6.07) is 11.8. The van der Waals surface area contributed by atoms with Gasteiger partial charge in [-0.25, -0.2) is 4.79 Å². The molecule has 0 radical (unpaired) electrons. The summed E-state index contributed by atoms with van der Waals surface area (Å²) in [7, 11) is 3.38. The van der Waals surface area contributed by atoms with Crippen LogP contribution in [0.4, 0.5) is 0 Å². The van der Waals surface area contributed by atoms with Crippen molar-refractivity contribution < 1.29 is 14.7 Å². The fourth-order valence-electron chi connectivity index (χ4n) is 1.93. The predicted octanol–water partition coefficient (Wildman–Crippen LogP) is 3.41. The maximum Gasteiger partial charge on any atom is 0.337 e. The minimum absolute atomic E-state index is 0.0580. The van der Waals surface area contributed by atoms with Crippen molar-refractivity contribution in [3.05, 3.63) is 58.6 Å². The number of amides is 1. The normalized spacial score (nSPS) is 10.2. The monoisotopic (exact) mass is 303 g/mol. The number of hydrogen-bond acceptors (Lipinski definition) is 2. The Morgan fingerprint density at radius 2 is 1.57 bits per heavy atom. The van der Waals surface area contributed by atoms with E-state index in [0.29, 0.717) is 5.56 Å². The van der Waals surface area contributed by atoms with E-state index in [9.17, 15) is 9.59 Å². The lowest BCUT2D eigenvalue weighted by Gasteiger charge is -2.11. The number of hydrogen-bond donors (Lipinski definition) is 1. The Hall–Kier alpha value is -2.33. The van der Waals surface area contributed by atoms with Crippen LogP contribution < -0.4 is 0 Å². The molecule has 0 aliphatic carbocycles. The highest BCUT2D eigenvalue weighted by molar-refractivity contribution is 6.33. The number of halogens is 1. The second kappa shape index (κ2) is 5.97. The number of nitrogens with zero attached hydrogens (tertiary/aromatic N) is 1. The molecule has 2 aromatic rings. The molecule has 0 aliphatic heterocycles. The summed E-state index contributed by atoms with van der Waals surface area (Å²) >= 11 is 5.85. The van der Waals surface area contributed by atoms with Crippen molar-refractivity contribution in [2.24, 2.45) is 0 Å². The van der Waals surface area contributed by atoms with Gasteiger partial charge in [0, 0.05) is 19.7 Å². The lowest BCUT2D eigenvalue weighted by Crippen LogP contribution is -2.21. The number of aromatic carboxylic acids is 1. The first-order valence-corrected chi connectivity index (χ1v) is 6.63. The van der Waals surface area contributed by atoms with E-state index in [2.05, 4.69) is 0 Å². The SMILES string of the molecule is CN(C)C(=O)c1ccc(-c2ccc(Cl)c(C(=O)O)c2)cc1. The summed E-state index contributed by atoms with van der Waals surface area (Å²) in [6.45, 7) is 0. The first kappa shape index (κ1) is 15.1. The van der Waals surface area contributed by atoms with Crippen LogP contribution in [0.5, 0.6) is 0 Å². The van der Waals surface area contributed by atoms with Crippen LogP contribution in [0.3, 0.4) is 0 Å². The molecule has 0 bridgehead atoms. The average molecular weight is 304 g/mol. The molecule has 0 spiro atoms. The largest absolute Gasteiger partial charge is 0.478 e. The van der Waals surface area contributed by atoms with E-state index < -0.39 is 5.97 Å². The van der Waals surface area contributed by atoms with Crippen LogP contribution in [0.15, 0.2) is 42.5 Å². The molecule has 4 nitrogen and oxygen atoms in total. The van der Waals surface area contributed by atoms with E-state index in [1.165, 1.54) is 11.0 Å². The molecular formula is C16H14ClNO3. The maximum absolute atomic E-state index is 11.8. The molecule has 108 valence electrons. The van der Waals surface area contributed by atoms with E-state index >= 15 is 0 Å². The van der Waals surface area contributed by atoms with Crippen molar-refractivity contribution in [3.8, 4) is 11.1 Å². The molecule has 2 aromatic carbocycles. The molecule has 0 fully saturated rings. The standard InChI is InChI=1S/C16H14ClNO3/c1-18(2)15(19)11-5-3-10(4-6-11)12-7-8-14(17)13(9-12)16(20)21/h3-9H,1-2H3,(H,20,21). The molecule has 0 heterocycles. The summed E-state index contributed by atoms with van der Waals surface area (Å²) in [6.07, 6.45) is 0. The predicted molar refractivity (Wildman–Crippen MR) is 81.9 cm³/mol. The van der Waals surface area contributed by atoms with E-state index in [1.807, 2.05) is 0 Å². The van der Waals surface area contributed by atoms with Gasteiger partial charge in [0.1, 0.15) is 0 Å². The topological polar surface area (TPSA) is 57.6 Å². The number of carboxylic acid groups (broad SMARTS) is 1. The highest BCUT2D eigenvalue weighted by atomic mass is 35.5. The number of carbonyl (C=O) groups is 2. The van der Waals surface area contributed by atoms with Crippen LogP contribution in [0.25, 0.3) is 11.1 Å². The molecule has 2 rings (SSSR count). The van der Waals surface area contributed by atoms with Gasteiger partial charge in [0.2, 0.25) is 0 Å². The summed E-state index contributed by atoms with van der Waals surface area (Å²) in [5, 5.41) is 9.28. The molecule has 1 amide bonds. The van der Waals surface area contributed by atoms with Crippen LogP contribution >= 0.6 is 11.6 Å². The van der Waals surface area contributed by atoms with Crippen LogP contribution in [0.1, 0.15) is 20.7 Å². The van der Waals surface area contributed by atoms with Crippen molar-refractivity contribution in [3.63, 3.8) is 0 Å². The Kier molecular flexibility index (Phi) is 4.29. The lowest BCUT2D eigenvalue weighted by molar-refractivity contribution is 0.0696. The number of benzene rings is 2. The van der Waals surface area contributed by atoms with Crippen molar-refractivity contribution in [2.75, 3.05) is 14.1 Å². The Bertz CT molecular complexity index is 693. The second-order valence-electron chi connectivity index (χ2n) is 4.78. The minimum atomic E-state index is -1.07. The van der Waals surface area contributed by atoms with E-state index in [1.54, 1.807) is 50.5 Å². The Balaban J connectivity index is 2.37. The second-order valence-corrected chi connectivity index (χ2v) is 5.18. The molecule has 0 unspecified atom stereocenters. The van der Waals surface area contributed by atoms with E-state index in [0.717, 1.165) is 11.1 Å². The average Bonchev–Trinajstić information content (AvgIpc) is 2.46. The van der Waals surface area contributed by atoms with Gasteiger partial charge >= 0.3 is 5.97 Å². The van der Waals surface area contributed by atoms with Crippen LogP contribution in [0.2, 0.25) is 5.02 Å². The van der Waals surface area contributed by atoms with Crippen molar-refractivity contribution in [2.45, 2.75) is 0 Å². The zero-order valence-corrected chi connectivity index (χ0v) is 12.4. The quantitative estimate of drug-likeness (QED) is 0.945. The molecule has 21 heavy (non-hydrogen) atoms. The third-order valence-corrected chi connectivity index (χ3v) is 3.40. The first-order valence-electron chi connectivity index (χ1n) is 6.25. The smallest absolute Gasteiger partial charge is 0.337 e. The van der Waals surface area contributed by atoms with Gasteiger partial charge < -0.3 is 10.0 Å². The van der Waals surface area contributed by atoms with Crippen LogP contribution in [-0.2, 0) is 0 Å². The minimum Gasteiger partial charge on any atom is -0.478 e. The number of rotatable bonds is 3. The van der Waals surface area contributed by atoms with Crippen LogP contribution in [0, 0.1) is 0 Å². The molecule has 0 saturated heterocycles. The third kappa shape index (κ3) is 3.23. The molecule has 0 saturated carbocycles.